The Kier molecular flexibility index (Phi) is 10.1. The molecule has 2 aromatic rings. The van der Waals surface area contributed by atoms with Gasteiger partial charge in [-0.25, -0.2) is 4.98 Å². The van der Waals surface area contributed by atoms with E-state index in [4.69, 9.17) is 0 Å². The number of amides is 2. The molecule has 6 nitrogen and oxygen atoms in total. The minimum atomic E-state index is -0.221. The zero-order chi connectivity index (χ0) is 22.8. The maximum Gasteiger partial charge on any atom is 0.254 e. The van der Waals surface area contributed by atoms with Crippen LogP contribution in [-0.4, -0.2) is 59.3 Å². The van der Waals surface area contributed by atoms with Crippen LogP contribution in [0.2, 0.25) is 0 Å². The number of carbonyl (C=O) groups is 2. The second kappa shape index (κ2) is 12.6. The zero-order valence-corrected chi connectivity index (χ0v) is 20.3. The quantitative estimate of drug-likeness (QED) is 0.522. The van der Waals surface area contributed by atoms with Crippen molar-refractivity contribution in [3.63, 3.8) is 0 Å². The first-order valence-corrected chi connectivity index (χ1v) is 12.0. The summed E-state index contributed by atoms with van der Waals surface area (Å²) in [4.78, 5) is 35.2. The molecular weight excluding hydrogens is 408 g/mol. The zero-order valence-electron chi connectivity index (χ0n) is 19.5. The number of aryl methyl sites for hydroxylation is 3. The summed E-state index contributed by atoms with van der Waals surface area (Å²) < 4.78 is 0. The summed E-state index contributed by atoms with van der Waals surface area (Å²) >= 11 is 1.45. The largest absolute Gasteiger partial charge is 0.328 e. The second-order valence-electron chi connectivity index (χ2n) is 7.76. The number of rotatable bonds is 12. The van der Waals surface area contributed by atoms with Crippen molar-refractivity contribution < 1.29 is 9.59 Å². The van der Waals surface area contributed by atoms with Crippen LogP contribution in [0.25, 0.3) is 0 Å². The monoisotopic (exact) mass is 444 g/mol. The smallest absolute Gasteiger partial charge is 0.254 e. The fourth-order valence-electron chi connectivity index (χ4n) is 3.29. The summed E-state index contributed by atoms with van der Waals surface area (Å²) in [7, 11) is 0. The Balaban J connectivity index is 2.10. The highest BCUT2D eigenvalue weighted by Gasteiger charge is 2.20. The standard InChI is InChI=1S/C24H36N4O2S/c1-6-9-10-20-11-13-21(14-12-20)23(30)28(16-15-27(7-2)8-3)17-22(29)26-24-25-18(4)19(5)31-24/h11-14H,6-10,15-17H2,1-5H3,(H,25,26,29). The fourth-order valence-corrected chi connectivity index (χ4v) is 4.12. The first kappa shape index (κ1) is 25.0. The van der Waals surface area contributed by atoms with Gasteiger partial charge in [0.25, 0.3) is 5.91 Å². The van der Waals surface area contributed by atoms with Crippen LogP contribution in [0.3, 0.4) is 0 Å². The number of anilines is 1. The maximum absolute atomic E-state index is 13.2. The third-order valence-corrected chi connectivity index (χ3v) is 6.49. The van der Waals surface area contributed by atoms with E-state index in [1.807, 2.05) is 38.1 Å². The number of unbranched alkanes of at least 4 members (excludes halogenated alkanes) is 1. The summed E-state index contributed by atoms with van der Waals surface area (Å²) in [6.07, 6.45) is 3.30. The van der Waals surface area contributed by atoms with Crippen LogP contribution in [-0.2, 0) is 11.2 Å². The van der Waals surface area contributed by atoms with E-state index in [9.17, 15) is 9.59 Å². The van der Waals surface area contributed by atoms with Crippen molar-refractivity contribution in [2.45, 2.75) is 53.9 Å². The molecule has 0 bridgehead atoms. The van der Waals surface area contributed by atoms with E-state index < -0.39 is 0 Å². The van der Waals surface area contributed by atoms with Crippen molar-refractivity contribution >= 4 is 28.3 Å². The highest BCUT2D eigenvalue weighted by atomic mass is 32.1. The van der Waals surface area contributed by atoms with Gasteiger partial charge in [-0.2, -0.15) is 0 Å². The minimum Gasteiger partial charge on any atom is -0.328 e. The normalized spacial score (nSPS) is 11.0. The number of nitrogens with zero attached hydrogens (tertiary/aromatic N) is 3. The van der Waals surface area contributed by atoms with Crippen LogP contribution >= 0.6 is 11.3 Å². The van der Waals surface area contributed by atoms with E-state index in [1.165, 1.54) is 16.9 Å². The third-order valence-electron chi connectivity index (χ3n) is 5.50. The van der Waals surface area contributed by atoms with Gasteiger partial charge in [0.15, 0.2) is 5.13 Å². The van der Waals surface area contributed by atoms with Crippen molar-refractivity contribution in [3.05, 3.63) is 46.0 Å². The predicted molar refractivity (Wildman–Crippen MR) is 129 cm³/mol. The molecule has 0 spiro atoms. The van der Waals surface area contributed by atoms with Gasteiger partial charge >= 0.3 is 0 Å². The topological polar surface area (TPSA) is 65.5 Å². The average molecular weight is 445 g/mol. The number of likely N-dealkylation sites (N-methyl/N-ethyl adjacent to an activating group) is 1. The second-order valence-corrected chi connectivity index (χ2v) is 8.97. The van der Waals surface area contributed by atoms with Crippen LogP contribution < -0.4 is 5.32 Å². The lowest BCUT2D eigenvalue weighted by atomic mass is 10.1. The van der Waals surface area contributed by atoms with Crippen molar-refractivity contribution in [2.75, 3.05) is 38.0 Å². The van der Waals surface area contributed by atoms with Crippen molar-refractivity contribution in [1.29, 1.82) is 0 Å². The minimum absolute atomic E-state index is 0.00929. The molecule has 170 valence electrons. The highest BCUT2D eigenvalue weighted by Crippen LogP contribution is 2.21. The molecule has 2 rings (SSSR count). The van der Waals surface area contributed by atoms with Crippen molar-refractivity contribution in [2.24, 2.45) is 0 Å². The van der Waals surface area contributed by atoms with Crippen LogP contribution in [0.5, 0.6) is 0 Å². The molecule has 0 saturated carbocycles. The average Bonchev–Trinajstić information content (AvgIpc) is 3.08. The third kappa shape index (κ3) is 7.74. The molecule has 0 atom stereocenters. The number of nitrogens with one attached hydrogen (secondary N) is 1. The SMILES string of the molecule is CCCCc1ccc(C(=O)N(CCN(CC)CC)CC(=O)Nc2nc(C)c(C)s2)cc1. The maximum atomic E-state index is 13.2. The summed E-state index contributed by atoms with van der Waals surface area (Å²) in [6, 6.07) is 7.80. The molecule has 0 aliphatic rings. The lowest BCUT2D eigenvalue weighted by molar-refractivity contribution is -0.116. The van der Waals surface area contributed by atoms with Gasteiger partial charge in [0.2, 0.25) is 5.91 Å². The first-order chi connectivity index (χ1) is 14.9. The van der Waals surface area contributed by atoms with Gasteiger partial charge in [-0.3, -0.25) is 9.59 Å². The highest BCUT2D eigenvalue weighted by molar-refractivity contribution is 7.15. The molecule has 0 aliphatic heterocycles. The first-order valence-electron chi connectivity index (χ1n) is 11.2. The number of hydrogen-bond donors (Lipinski definition) is 1. The van der Waals surface area contributed by atoms with E-state index in [-0.39, 0.29) is 18.4 Å². The van der Waals surface area contributed by atoms with Crippen molar-refractivity contribution in [3.8, 4) is 0 Å². The van der Waals surface area contributed by atoms with Crippen LogP contribution in [0.1, 0.15) is 60.1 Å². The Morgan fingerprint density at radius 1 is 1.03 bits per heavy atom. The van der Waals surface area contributed by atoms with Crippen molar-refractivity contribution in [1.82, 2.24) is 14.8 Å². The molecule has 0 saturated heterocycles. The number of benzene rings is 1. The van der Waals surface area contributed by atoms with Gasteiger partial charge in [-0.15, -0.1) is 11.3 Å². The summed E-state index contributed by atoms with van der Waals surface area (Å²) in [5.41, 5.74) is 2.77. The summed E-state index contributed by atoms with van der Waals surface area (Å²) in [5, 5.41) is 3.43. The van der Waals surface area contributed by atoms with Gasteiger partial charge < -0.3 is 15.1 Å². The van der Waals surface area contributed by atoms with Gasteiger partial charge in [0.1, 0.15) is 6.54 Å². The van der Waals surface area contributed by atoms with Crippen LogP contribution in [0.4, 0.5) is 5.13 Å². The number of hydrogen-bond acceptors (Lipinski definition) is 5. The number of carbonyl (C=O) groups excluding carboxylic acids is 2. The Morgan fingerprint density at radius 2 is 1.71 bits per heavy atom. The molecule has 1 aromatic heterocycles. The lowest BCUT2D eigenvalue weighted by Crippen LogP contribution is -2.42. The van der Waals surface area contributed by atoms with Crippen LogP contribution in [0, 0.1) is 13.8 Å². The van der Waals surface area contributed by atoms with Gasteiger partial charge in [0.05, 0.1) is 5.69 Å². The molecule has 1 aromatic carbocycles. The fraction of sp³-hybridized carbons (Fsp3) is 0.542. The van der Waals surface area contributed by atoms with E-state index in [2.05, 4.69) is 36.0 Å². The van der Waals surface area contributed by atoms with E-state index in [1.54, 1.807) is 4.90 Å². The Morgan fingerprint density at radius 3 is 2.26 bits per heavy atom. The Labute approximate surface area is 190 Å². The van der Waals surface area contributed by atoms with Gasteiger partial charge in [-0.05, 0) is 57.5 Å². The van der Waals surface area contributed by atoms with E-state index in [0.717, 1.165) is 49.5 Å². The number of aromatic nitrogens is 1. The van der Waals surface area contributed by atoms with E-state index >= 15 is 0 Å². The molecule has 0 fully saturated rings. The Bertz CT molecular complexity index is 824. The lowest BCUT2D eigenvalue weighted by Gasteiger charge is -2.26. The number of thiazole rings is 1. The summed E-state index contributed by atoms with van der Waals surface area (Å²) in [6.45, 7) is 13.3. The van der Waals surface area contributed by atoms with Gasteiger partial charge in [0, 0.05) is 23.5 Å². The van der Waals surface area contributed by atoms with Crippen LogP contribution in [0.15, 0.2) is 24.3 Å². The molecule has 31 heavy (non-hydrogen) atoms. The molecule has 1 heterocycles. The Hall–Kier alpha value is -2.25. The molecule has 7 heteroatoms. The van der Waals surface area contributed by atoms with Gasteiger partial charge in [-0.1, -0.05) is 39.3 Å². The summed E-state index contributed by atoms with van der Waals surface area (Å²) in [5.74, 6) is -0.336. The predicted octanol–water partition coefficient (Wildman–Crippen LogP) is 4.53. The molecule has 2 amide bonds. The molecule has 0 radical (unpaired) electrons. The molecule has 0 unspecified atom stereocenters. The van der Waals surface area contributed by atoms with E-state index in [0.29, 0.717) is 17.2 Å². The molecule has 0 aliphatic carbocycles. The molecular formula is C24H36N4O2S. The molecule has 1 N–H and O–H groups in total.